The Balaban J connectivity index is 0.0000162. The van der Waals surface area contributed by atoms with Crippen molar-refractivity contribution in [1.29, 1.82) is 0 Å². The summed E-state index contributed by atoms with van der Waals surface area (Å²) in [5, 5.41) is 0. The summed E-state index contributed by atoms with van der Waals surface area (Å²) in [4.78, 5) is 2.88. The number of hydrogen-bond donors (Lipinski definition) is 0. The molecule has 0 amide bonds. The van der Waals surface area contributed by atoms with Crippen LogP contribution in [0.3, 0.4) is 0 Å². The van der Waals surface area contributed by atoms with Gasteiger partial charge in [-0.05, 0) is 37.2 Å². The average Bonchev–Trinajstić information content (AvgIpc) is 3.22. The number of unbranched alkanes of at least 4 members (excludes halogenated alkanes) is 33. The maximum absolute atomic E-state index is 2.39. The van der Waals surface area contributed by atoms with Crippen molar-refractivity contribution < 1.29 is 57.1 Å². The van der Waals surface area contributed by atoms with Crippen molar-refractivity contribution in [3.05, 3.63) is 49.1 Å². The first-order valence-electron chi connectivity index (χ1n) is 25.1. The predicted octanol–water partition coefficient (Wildman–Crippen LogP) is 11.2. The first-order chi connectivity index (χ1) is 27.8. The molecule has 58 heavy (non-hydrogen) atoms. The Bertz CT molecular complexity index is 983. The van der Waals surface area contributed by atoms with E-state index in [9.17, 15) is 0 Å². The molecule has 0 aromatic carbocycles. The van der Waals surface area contributed by atoms with E-state index in [-0.39, 0.29) is 48.0 Å². The van der Waals surface area contributed by atoms with Crippen LogP contribution in [0.25, 0.3) is 0 Å². The Labute approximate surface area is 405 Å². The van der Waals surface area contributed by atoms with Crippen molar-refractivity contribution >= 4 is 23.5 Å². The summed E-state index contributed by atoms with van der Waals surface area (Å²) in [5.74, 6) is 2.53. The zero-order valence-corrected chi connectivity index (χ0v) is 44.3. The molecule has 0 bridgehead atoms. The number of hydrogen-bond acceptors (Lipinski definition) is 2. The number of rotatable bonds is 43. The molecule has 0 spiro atoms. The Morgan fingerprint density at radius 1 is 0.293 bits per heavy atom. The van der Waals surface area contributed by atoms with E-state index in [1.54, 1.807) is 0 Å². The van der Waals surface area contributed by atoms with Gasteiger partial charge in [-0.25, -0.2) is 9.13 Å². The van der Waals surface area contributed by atoms with Crippen LogP contribution in [0.4, 0.5) is 0 Å². The second kappa shape index (κ2) is 47.0. The minimum Gasteiger partial charge on any atom is -1.00 e. The molecule has 0 radical (unpaired) electrons. The maximum atomic E-state index is 2.39. The Morgan fingerprint density at radius 3 is 0.741 bits per heavy atom. The largest absolute Gasteiger partial charge is 1.00 e. The molecular formula is C52H94I2N2S2. The van der Waals surface area contributed by atoms with Gasteiger partial charge in [-0.2, -0.15) is 0 Å². The van der Waals surface area contributed by atoms with Gasteiger partial charge in [0.25, 0.3) is 0 Å². The van der Waals surface area contributed by atoms with Gasteiger partial charge >= 0.3 is 0 Å². The van der Waals surface area contributed by atoms with Crippen LogP contribution in [0, 0.1) is 0 Å². The number of nitrogens with zero attached hydrogens (tertiary/aromatic N) is 2. The van der Waals surface area contributed by atoms with E-state index >= 15 is 0 Å². The molecule has 0 saturated heterocycles. The molecule has 0 fully saturated rings. The van der Waals surface area contributed by atoms with Crippen LogP contribution < -0.4 is 57.1 Å². The lowest BCUT2D eigenvalue weighted by Crippen LogP contribution is -3.00. The number of aryl methyl sites for hydroxylation is 2. The SMILES string of the molecule is CCCCCCCCCCCCCCCC[n+]1ccc(SCCCCCCCCCCSc2cc[n+](CCCCCCCCCCCCCCCC)cc2)cc1.[I-].[I-]. The predicted molar refractivity (Wildman–Crippen MR) is 252 cm³/mol. The van der Waals surface area contributed by atoms with Gasteiger partial charge in [0, 0.05) is 46.9 Å². The number of halogens is 2. The van der Waals surface area contributed by atoms with E-state index in [1.165, 1.54) is 266 Å². The fourth-order valence-corrected chi connectivity index (χ4v) is 9.80. The fraction of sp³-hybridized carbons (Fsp3) is 0.808. The van der Waals surface area contributed by atoms with E-state index in [1.807, 2.05) is 23.5 Å². The van der Waals surface area contributed by atoms with Crippen LogP contribution in [0.2, 0.25) is 0 Å². The van der Waals surface area contributed by atoms with Crippen LogP contribution in [0.5, 0.6) is 0 Å². The number of aromatic nitrogens is 2. The summed E-state index contributed by atoms with van der Waals surface area (Å²) in [6, 6.07) is 9.34. The molecule has 0 aliphatic heterocycles. The number of thioether (sulfide) groups is 2. The minimum absolute atomic E-state index is 0. The third-order valence-electron chi connectivity index (χ3n) is 11.8. The van der Waals surface area contributed by atoms with Crippen LogP contribution >= 0.6 is 23.5 Å². The standard InChI is InChI=1S/C52H94N2S2.2HI/c1-3-5-7-9-11-13-15-17-19-21-23-27-31-35-43-53-45-39-51(40-46-53)55-49-37-33-29-25-26-30-34-38-50-56-52-41-47-54(48-42-52)44-36-32-28-24-22-20-18-16-14-12-10-8-6-4-2;;/h39-42,45-48H,3-38,43-44,49-50H2,1-2H3;2*1H/q+2;;/p-2. The summed E-state index contributed by atoms with van der Waals surface area (Å²) in [6.45, 7) is 6.96. The van der Waals surface area contributed by atoms with E-state index in [2.05, 4.69) is 72.0 Å². The third kappa shape index (κ3) is 38.2. The van der Waals surface area contributed by atoms with Gasteiger partial charge in [-0.3, -0.25) is 0 Å². The third-order valence-corrected chi connectivity index (χ3v) is 14.0. The van der Waals surface area contributed by atoms with E-state index in [0.717, 1.165) is 0 Å². The van der Waals surface area contributed by atoms with Crippen LogP contribution in [0.1, 0.15) is 245 Å². The second-order valence-electron chi connectivity index (χ2n) is 17.3. The minimum atomic E-state index is 0. The first kappa shape index (κ1) is 58.5. The van der Waals surface area contributed by atoms with Gasteiger partial charge in [0.15, 0.2) is 24.8 Å². The molecule has 2 aromatic rings. The van der Waals surface area contributed by atoms with Crippen LogP contribution in [-0.2, 0) is 13.1 Å². The number of pyridine rings is 2. The van der Waals surface area contributed by atoms with Crippen molar-refractivity contribution in [3.63, 3.8) is 0 Å². The molecular weight excluding hydrogens is 971 g/mol. The molecule has 2 aromatic heterocycles. The van der Waals surface area contributed by atoms with Gasteiger partial charge in [-0.1, -0.05) is 206 Å². The highest BCUT2D eigenvalue weighted by Crippen LogP contribution is 2.21. The lowest BCUT2D eigenvalue weighted by Gasteiger charge is -2.04. The van der Waals surface area contributed by atoms with Gasteiger partial charge in [0.05, 0.1) is 0 Å². The normalized spacial score (nSPS) is 11.1. The molecule has 0 saturated carbocycles. The molecule has 338 valence electrons. The summed E-state index contributed by atoms with van der Waals surface area (Å²) in [7, 11) is 0. The zero-order chi connectivity index (χ0) is 39.7. The Morgan fingerprint density at radius 2 is 0.500 bits per heavy atom. The smallest absolute Gasteiger partial charge is 0.169 e. The molecule has 0 aliphatic carbocycles. The van der Waals surface area contributed by atoms with Crippen LogP contribution in [0.15, 0.2) is 58.8 Å². The summed E-state index contributed by atoms with van der Waals surface area (Å²) < 4.78 is 4.78. The monoisotopic (exact) mass is 1060 g/mol. The molecule has 2 nitrogen and oxygen atoms in total. The fourth-order valence-electron chi connectivity index (χ4n) is 8.00. The first-order valence-corrected chi connectivity index (χ1v) is 27.0. The highest BCUT2D eigenvalue weighted by atomic mass is 127. The molecule has 2 rings (SSSR count). The summed E-state index contributed by atoms with van der Waals surface area (Å²) in [5.41, 5.74) is 0. The highest BCUT2D eigenvalue weighted by molar-refractivity contribution is 7.99. The lowest BCUT2D eigenvalue weighted by molar-refractivity contribution is -0.697. The molecule has 0 atom stereocenters. The van der Waals surface area contributed by atoms with Crippen molar-refractivity contribution in [2.24, 2.45) is 0 Å². The molecule has 0 N–H and O–H groups in total. The molecule has 6 heteroatoms. The Hall–Kier alpha value is 0.460. The zero-order valence-electron chi connectivity index (χ0n) is 38.4. The van der Waals surface area contributed by atoms with Crippen LogP contribution in [-0.4, -0.2) is 11.5 Å². The lowest BCUT2D eigenvalue weighted by atomic mass is 10.0. The van der Waals surface area contributed by atoms with Crippen molar-refractivity contribution in [2.75, 3.05) is 11.5 Å². The molecule has 0 aliphatic rings. The van der Waals surface area contributed by atoms with Crippen molar-refractivity contribution in [2.45, 2.75) is 268 Å². The van der Waals surface area contributed by atoms with E-state index in [4.69, 9.17) is 0 Å². The van der Waals surface area contributed by atoms with E-state index in [0.29, 0.717) is 0 Å². The van der Waals surface area contributed by atoms with Gasteiger partial charge in [0.2, 0.25) is 0 Å². The quantitative estimate of drug-likeness (QED) is 0.0283. The topological polar surface area (TPSA) is 7.76 Å². The van der Waals surface area contributed by atoms with E-state index < -0.39 is 0 Å². The average molecular weight is 1070 g/mol. The Kier molecular flexibility index (Phi) is 47.3. The summed E-state index contributed by atoms with van der Waals surface area (Å²) in [6.07, 6.45) is 60.4. The molecule has 0 unspecified atom stereocenters. The van der Waals surface area contributed by atoms with Crippen molar-refractivity contribution in [3.8, 4) is 0 Å². The maximum Gasteiger partial charge on any atom is 0.169 e. The van der Waals surface area contributed by atoms with Gasteiger partial charge in [-0.15, -0.1) is 23.5 Å². The summed E-state index contributed by atoms with van der Waals surface area (Å²) >= 11 is 4.09. The van der Waals surface area contributed by atoms with Gasteiger partial charge in [0.1, 0.15) is 13.1 Å². The van der Waals surface area contributed by atoms with Gasteiger partial charge < -0.3 is 48.0 Å². The van der Waals surface area contributed by atoms with Crippen molar-refractivity contribution in [1.82, 2.24) is 0 Å². The second-order valence-corrected chi connectivity index (χ2v) is 19.6. The highest BCUT2D eigenvalue weighted by Gasteiger charge is 2.04. The molecule has 2 heterocycles.